The molecule has 0 spiro atoms. The van der Waals surface area contributed by atoms with E-state index in [-0.39, 0.29) is 30.0 Å². The third-order valence-electron chi connectivity index (χ3n) is 2.72. The third-order valence-corrected chi connectivity index (χ3v) is 2.72. The van der Waals surface area contributed by atoms with Gasteiger partial charge in [0.2, 0.25) is 0 Å². The summed E-state index contributed by atoms with van der Waals surface area (Å²) in [6.45, 7) is 4.07. The van der Waals surface area contributed by atoms with Crippen LogP contribution in [0.15, 0.2) is 18.2 Å². The number of hydrogen-bond acceptors (Lipinski definition) is 4. The molecule has 0 saturated carbocycles. The van der Waals surface area contributed by atoms with E-state index >= 15 is 0 Å². The van der Waals surface area contributed by atoms with Crippen LogP contribution in [-0.2, 0) is 0 Å². The Hall–Kier alpha value is -1.66. The van der Waals surface area contributed by atoms with Crippen LogP contribution >= 0.6 is 12.4 Å². The molecular formula is C12H18ClN3O3. The van der Waals surface area contributed by atoms with Gasteiger partial charge in [-0.15, -0.1) is 12.4 Å². The van der Waals surface area contributed by atoms with Crippen molar-refractivity contribution in [1.82, 2.24) is 10.6 Å². The largest absolute Gasteiger partial charge is 0.350 e. The smallest absolute Gasteiger partial charge is 0.272 e. The first-order chi connectivity index (χ1) is 8.45. The number of nitrogens with zero attached hydrogens (tertiary/aromatic N) is 1. The number of halogens is 1. The van der Waals surface area contributed by atoms with Crippen molar-refractivity contribution in [2.45, 2.75) is 19.9 Å². The van der Waals surface area contributed by atoms with E-state index in [4.69, 9.17) is 0 Å². The summed E-state index contributed by atoms with van der Waals surface area (Å²) in [5, 5.41) is 16.4. The fourth-order valence-electron chi connectivity index (χ4n) is 1.45. The number of nitro groups is 1. The molecule has 106 valence electrons. The van der Waals surface area contributed by atoms with Gasteiger partial charge < -0.3 is 10.6 Å². The maximum Gasteiger partial charge on any atom is 0.272 e. The maximum atomic E-state index is 11.8. The number of benzene rings is 1. The summed E-state index contributed by atoms with van der Waals surface area (Å²) in [5.74, 6) is -0.227. The highest BCUT2D eigenvalue weighted by Gasteiger charge is 2.13. The van der Waals surface area contributed by atoms with E-state index in [1.807, 2.05) is 14.0 Å². The second-order valence-electron chi connectivity index (χ2n) is 4.16. The van der Waals surface area contributed by atoms with Crippen LogP contribution in [0.4, 0.5) is 5.69 Å². The van der Waals surface area contributed by atoms with E-state index in [1.54, 1.807) is 6.92 Å². The minimum atomic E-state index is -0.458. The lowest BCUT2D eigenvalue weighted by molar-refractivity contribution is -0.385. The fourth-order valence-corrected chi connectivity index (χ4v) is 1.45. The van der Waals surface area contributed by atoms with Crippen molar-refractivity contribution >= 4 is 24.0 Å². The zero-order valence-electron chi connectivity index (χ0n) is 11.1. The minimum Gasteiger partial charge on any atom is -0.350 e. The first kappa shape index (κ1) is 17.3. The van der Waals surface area contributed by atoms with Crippen LogP contribution < -0.4 is 10.6 Å². The monoisotopic (exact) mass is 287 g/mol. The molecule has 1 aromatic rings. The Labute approximate surface area is 118 Å². The molecule has 1 unspecified atom stereocenters. The predicted octanol–water partition coefficient (Wildman–Crippen LogP) is 1.66. The number of carbonyl (C=O) groups is 1. The highest BCUT2D eigenvalue weighted by molar-refractivity contribution is 5.94. The molecule has 1 atom stereocenters. The Kier molecular flexibility index (Phi) is 7.03. The summed E-state index contributed by atoms with van der Waals surface area (Å²) in [5.41, 5.74) is 0.936. The highest BCUT2D eigenvalue weighted by Crippen LogP contribution is 2.18. The van der Waals surface area contributed by atoms with E-state index in [2.05, 4.69) is 10.6 Å². The van der Waals surface area contributed by atoms with Gasteiger partial charge in [-0.2, -0.15) is 0 Å². The second kappa shape index (κ2) is 7.70. The number of likely N-dealkylation sites (N-methyl/N-ethyl adjacent to an activating group) is 1. The van der Waals surface area contributed by atoms with E-state index in [0.29, 0.717) is 17.7 Å². The maximum absolute atomic E-state index is 11.8. The summed E-state index contributed by atoms with van der Waals surface area (Å²) in [7, 11) is 1.81. The first-order valence-electron chi connectivity index (χ1n) is 5.66. The van der Waals surface area contributed by atoms with Crippen LogP contribution in [-0.4, -0.2) is 30.5 Å². The van der Waals surface area contributed by atoms with Crippen molar-refractivity contribution in [3.63, 3.8) is 0 Å². The zero-order chi connectivity index (χ0) is 13.7. The van der Waals surface area contributed by atoms with Gasteiger partial charge in [-0.1, -0.05) is 0 Å². The molecule has 19 heavy (non-hydrogen) atoms. The zero-order valence-corrected chi connectivity index (χ0v) is 11.9. The van der Waals surface area contributed by atoms with E-state index in [0.717, 1.165) is 0 Å². The third kappa shape index (κ3) is 4.84. The van der Waals surface area contributed by atoms with Crippen LogP contribution in [0.2, 0.25) is 0 Å². The standard InChI is InChI=1S/C12H17N3O3.ClH/c1-8-6-10(4-5-11(8)15(17)18)12(16)14-7-9(2)13-3;/h4-6,9,13H,7H2,1-3H3,(H,14,16);1H. The molecule has 0 fully saturated rings. The van der Waals surface area contributed by atoms with Crippen LogP contribution in [0.25, 0.3) is 0 Å². The molecule has 7 heteroatoms. The van der Waals surface area contributed by atoms with Crippen molar-refractivity contribution in [2.24, 2.45) is 0 Å². The molecule has 0 aliphatic carbocycles. The number of amides is 1. The van der Waals surface area contributed by atoms with Gasteiger partial charge in [-0.05, 0) is 33.0 Å². The van der Waals surface area contributed by atoms with Crippen LogP contribution in [0, 0.1) is 17.0 Å². The quantitative estimate of drug-likeness (QED) is 0.637. The second-order valence-corrected chi connectivity index (χ2v) is 4.16. The molecule has 0 aliphatic rings. The van der Waals surface area contributed by atoms with Crippen LogP contribution in [0.1, 0.15) is 22.8 Å². The number of aryl methyl sites for hydroxylation is 1. The summed E-state index contributed by atoms with van der Waals surface area (Å²) in [6, 6.07) is 4.52. The van der Waals surface area contributed by atoms with Gasteiger partial charge in [0.25, 0.3) is 11.6 Å². The van der Waals surface area contributed by atoms with Gasteiger partial charge in [0.05, 0.1) is 4.92 Å². The average molecular weight is 288 g/mol. The van der Waals surface area contributed by atoms with Gasteiger partial charge in [0.15, 0.2) is 0 Å². The molecule has 0 aliphatic heterocycles. The van der Waals surface area contributed by atoms with Crippen molar-refractivity contribution in [3.05, 3.63) is 39.4 Å². The van der Waals surface area contributed by atoms with Gasteiger partial charge in [0.1, 0.15) is 0 Å². The molecule has 0 radical (unpaired) electrons. The SMILES string of the molecule is CNC(C)CNC(=O)c1ccc([N+](=O)[O-])c(C)c1.Cl. The molecule has 1 rings (SSSR count). The summed E-state index contributed by atoms with van der Waals surface area (Å²) in [4.78, 5) is 22.0. The Morgan fingerprint density at radius 2 is 2.11 bits per heavy atom. The molecule has 0 saturated heterocycles. The van der Waals surface area contributed by atoms with E-state index < -0.39 is 4.92 Å². The summed E-state index contributed by atoms with van der Waals surface area (Å²) in [6.07, 6.45) is 0. The molecule has 2 N–H and O–H groups in total. The fraction of sp³-hybridized carbons (Fsp3) is 0.417. The van der Waals surface area contributed by atoms with Gasteiger partial charge >= 0.3 is 0 Å². The first-order valence-corrected chi connectivity index (χ1v) is 5.66. The van der Waals surface area contributed by atoms with Crippen molar-refractivity contribution in [2.75, 3.05) is 13.6 Å². The molecule has 0 heterocycles. The number of carbonyl (C=O) groups excluding carboxylic acids is 1. The topological polar surface area (TPSA) is 84.3 Å². The van der Waals surface area contributed by atoms with Gasteiger partial charge in [-0.3, -0.25) is 14.9 Å². The lowest BCUT2D eigenvalue weighted by atomic mass is 10.1. The van der Waals surface area contributed by atoms with Crippen molar-refractivity contribution in [1.29, 1.82) is 0 Å². The summed E-state index contributed by atoms with van der Waals surface area (Å²) < 4.78 is 0. The Bertz CT molecular complexity index is 466. The molecule has 1 aromatic carbocycles. The number of hydrogen-bond donors (Lipinski definition) is 2. The lowest BCUT2D eigenvalue weighted by Gasteiger charge is -2.11. The average Bonchev–Trinajstić information content (AvgIpc) is 2.34. The Morgan fingerprint density at radius 3 is 2.58 bits per heavy atom. The number of nitrogens with one attached hydrogen (secondary N) is 2. The predicted molar refractivity (Wildman–Crippen MR) is 75.9 cm³/mol. The van der Waals surface area contributed by atoms with Crippen molar-refractivity contribution < 1.29 is 9.72 Å². The summed E-state index contributed by atoms with van der Waals surface area (Å²) >= 11 is 0. The highest BCUT2D eigenvalue weighted by atomic mass is 35.5. The molecule has 1 amide bonds. The Balaban J connectivity index is 0.00000324. The van der Waals surface area contributed by atoms with E-state index in [9.17, 15) is 14.9 Å². The number of rotatable bonds is 5. The van der Waals surface area contributed by atoms with Gasteiger partial charge in [0, 0.05) is 29.8 Å². The normalized spacial score (nSPS) is 11.3. The molecule has 0 aromatic heterocycles. The Morgan fingerprint density at radius 1 is 1.47 bits per heavy atom. The number of nitro benzene ring substituents is 1. The molecular weight excluding hydrogens is 270 g/mol. The van der Waals surface area contributed by atoms with E-state index in [1.165, 1.54) is 18.2 Å². The van der Waals surface area contributed by atoms with Crippen molar-refractivity contribution in [3.8, 4) is 0 Å². The van der Waals surface area contributed by atoms with Gasteiger partial charge in [-0.25, -0.2) is 0 Å². The molecule has 6 nitrogen and oxygen atoms in total. The molecule has 0 bridgehead atoms. The van der Waals surface area contributed by atoms with Crippen LogP contribution in [0.3, 0.4) is 0 Å². The lowest BCUT2D eigenvalue weighted by Crippen LogP contribution is -2.37. The minimum absolute atomic E-state index is 0. The van der Waals surface area contributed by atoms with Crippen LogP contribution in [0.5, 0.6) is 0 Å².